The van der Waals surface area contributed by atoms with Crippen LogP contribution in [0, 0.1) is 5.92 Å². The summed E-state index contributed by atoms with van der Waals surface area (Å²) >= 11 is 5.79. The van der Waals surface area contributed by atoms with Gasteiger partial charge in [0.2, 0.25) is 0 Å². The maximum Gasteiger partial charge on any atom is 0.387 e. The van der Waals surface area contributed by atoms with E-state index >= 15 is 0 Å². The summed E-state index contributed by atoms with van der Waals surface area (Å²) in [6.45, 7) is 2.09. The Hall–Kier alpha value is -1.03. The van der Waals surface area contributed by atoms with Crippen LogP contribution in [-0.2, 0) is 0 Å². The third-order valence-electron chi connectivity index (χ3n) is 1.86. The van der Waals surface area contributed by atoms with Crippen LogP contribution >= 0.6 is 11.6 Å². The molecule has 0 unspecified atom stereocenters. The predicted molar refractivity (Wildman–Crippen MR) is 61.4 cm³/mol. The van der Waals surface area contributed by atoms with Crippen LogP contribution < -0.4 is 10.1 Å². The highest BCUT2D eigenvalue weighted by Gasteiger charge is 2.08. The Morgan fingerprint density at radius 3 is 2.56 bits per heavy atom. The van der Waals surface area contributed by atoms with Gasteiger partial charge in [-0.25, -0.2) is 0 Å². The first-order valence-corrected chi connectivity index (χ1v) is 5.35. The minimum Gasteiger partial charge on any atom is -0.433 e. The van der Waals surface area contributed by atoms with Gasteiger partial charge < -0.3 is 10.1 Å². The van der Waals surface area contributed by atoms with E-state index in [-0.39, 0.29) is 10.8 Å². The highest BCUT2D eigenvalue weighted by Crippen LogP contribution is 2.28. The van der Waals surface area contributed by atoms with E-state index in [1.807, 2.05) is 0 Å². The minimum atomic E-state index is -2.85. The number of alkyl halides is 2. The summed E-state index contributed by atoms with van der Waals surface area (Å²) in [4.78, 5) is 0. The van der Waals surface area contributed by atoms with Crippen LogP contribution in [0.15, 0.2) is 18.2 Å². The lowest BCUT2D eigenvalue weighted by atomic mass is 10.2. The van der Waals surface area contributed by atoms with Crippen molar-refractivity contribution in [3.63, 3.8) is 0 Å². The van der Waals surface area contributed by atoms with E-state index in [1.54, 1.807) is 12.1 Å². The van der Waals surface area contributed by atoms with Gasteiger partial charge in [-0.3, -0.25) is 0 Å². The molecule has 0 fully saturated rings. The van der Waals surface area contributed by atoms with Crippen LogP contribution in [0.3, 0.4) is 0 Å². The first-order chi connectivity index (χ1) is 7.49. The van der Waals surface area contributed by atoms with Gasteiger partial charge in [0.1, 0.15) is 5.75 Å². The van der Waals surface area contributed by atoms with Crippen molar-refractivity contribution in [2.45, 2.75) is 20.5 Å². The van der Waals surface area contributed by atoms with Gasteiger partial charge in [-0.2, -0.15) is 8.78 Å². The summed E-state index contributed by atoms with van der Waals surface area (Å²) in [5.41, 5.74) is 0.792. The number of anilines is 1. The van der Waals surface area contributed by atoms with Crippen molar-refractivity contribution in [1.82, 2.24) is 0 Å². The van der Waals surface area contributed by atoms with E-state index in [0.29, 0.717) is 5.92 Å². The van der Waals surface area contributed by atoms with E-state index in [2.05, 4.69) is 23.9 Å². The normalized spacial score (nSPS) is 10.9. The molecule has 0 aromatic heterocycles. The second-order valence-electron chi connectivity index (χ2n) is 3.80. The van der Waals surface area contributed by atoms with E-state index in [1.165, 1.54) is 6.07 Å². The van der Waals surface area contributed by atoms with E-state index in [4.69, 9.17) is 11.6 Å². The number of halogens is 3. The monoisotopic (exact) mass is 249 g/mol. The molecule has 0 radical (unpaired) electrons. The summed E-state index contributed by atoms with van der Waals surface area (Å²) in [6.07, 6.45) is 0. The number of rotatable bonds is 5. The molecule has 2 nitrogen and oxygen atoms in total. The van der Waals surface area contributed by atoms with Crippen LogP contribution in [-0.4, -0.2) is 13.2 Å². The molecular formula is C11H14ClF2NO. The fourth-order valence-electron chi connectivity index (χ4n) is 1.12. The molecule has 90 valence electrons. The van der Waals surface area contributed by atoms with E-state index < -0.39 is 6.61 Å². The molecule has 1 rings (SSSR count). The van der Waals surface area contributed by atoms with Crippen molar-refractivity contribution in [3.05, 3.63) is 23.2 Å². The number of ether oxygens (including phenoxy) is 1. The summed E-state index contributed by atoms with van der Waals surface area (Å²) in [6, 6.07) is 4.66. The Labute approximate surface area is 98.6 Å². The zero-order valence-electron chi connectivity index (χ0n) is 9.14. The smallest absolute Gasteiger partial charge is 0.387 e. The Bertz CT molecular complexity index is 345. The molecule has 5 heteroatoms. The molecule has 1 aromatic carbocycles. The summed E-state index contributed by atoms with van der Waals surface area (Å²) < 4.78 is 28.1. The zero-order valence-corrected chi connectivity index (χ0v) is 9.89. The molecule has 16 heavy (non-hydrogen) atoms. The molecule has 0 spiro atoms. The third kappa shape index (κ3) is 4.23. The van der Waals surface area contributed by atoms with Crippen molar-refractivity contribution >= 4 is 17.3 Å². The average molecular weight is 250 g/mol. The number of benzene rings is 1. The number of hydrogen-bond donors (Lipinski definition) is 1. The highest BCUT2D eigenvalue weighted by molar-refractivity contribution is 6.32. The molecule has 0 bridgehead atoms. The molecule has 0 saturated carbocycles. The highest BCUT2D eigenvalue weighted by atomic mass is 35.5. The van der Waals surface area contributed by atoms with Crippen molar-refractivity contribution < 1.29 is 13.5 Å². The van der Waals surface area contributed by atoms with Gasteiger partial charge in [0.25, 0.3) is 0 Å². The topological polar surface area (TPSA) is 21.3 Å². The van der Waals surface area contributed by atoms with Crippen molar-refractivity contribution in [3.8, 4) is 5.75 Å². The van der Waals surface area contributed by atoms with Crippen LogP contribution in [0.4, 0.5) is 14.5 Å². The molecule has 0 aliphatic rings. The fourth-order valence-corrected chi connectivity index (χ4v) is 1.35. The summed E-state index contributed by atoms with van der Waals surface area (Å²) in [5, 5.41) is 3.31. The molecule has 1 aromatic rings. The molecular weight excluding hydrogens is 236 g/mol. The van der Waals surface area contributed by atoms with Crippen molar-refractivity contribution in [1.29, 1.82) is 0 Å². The van der Waals surface area contributed by atoms with E-state index in [9.17, 15) is 8.78 Å². The average Bonchev–Trinajstić information content (AvgIpc) is 2.18. The summed E-state index contributed by atoms with van der Waals surface area (Å²) in [5.74, 6) is 0.488. The minimum absolute atomic E-state index is 0.00763. The van der Waals surface area contributed by atoms with Crippen LogP contribution in [0.25, 0.3) is 0 Å². The Morgan fingerprint density at radius 2 is 2.06 bits per heavy atom. The molecule has 0 saturated heterocycles. The molecule has 0 amide bonds. The largest absolute Gasteiger partial charge is 0.433 e. The first kappa shape index (κ1) is 13.0. The van der Waals surface area contributed by atoms with Gasteiger partial charge in [-0.15, -0.1) is 0 Å². The van der Waals surface area contributed by atoms with Crippen LogP contribution in [0.5, 0.6) is 5.75 Å². The van der Waals surface area contributed by atoms with Gasteiger partial charge in [-0.1, -0.05) is 25.4 Å². The molecule has 1 N–H and O–H groups in total. The van der Waals surface area contributed by atoms with Crippen molar-refractivity contribution in [2.75, 3.05) is 11.9 Å². The van der Waals surface area contributed by atoms with Gasteiger partial charge in [0.15, 0.2) is 0 Å². The lowest BCUT2D eigenvalue weighted by molar-refractivity contribution is -0.0497. The Morgan fingerprint density at radius 1 is 1.38 bits per heavy atom. The quantitative estimate of drug-likeness (QED) is 0.851. The molecule has 0 atom stereocenters. The Balaban J connectivity index is 2.67. The van der Waals surface area contributed by atoms with E-state index in [0.717, 1.165) is 12.2 Å². The SMILES string of the molecule is CC(C)CNc1ccc(OC(F)F)c(Cl)c1. The fraction of sp³-hybridized carbons (Fsp3) is 0.455. The van der Waals surface area contributed by atoms with Crippen molar-refractivity contribution in [2.24, 2.45) is 5.92 Å². The number of nitrogens with one attached hydrogen (secondary N) is 1. The van der Waals surface area contributed by atoms with Gasteiger partial charge in [0, 0.05) is 12.2 Å². The van der Waals surface area contributed by atoms with Crippen LogP contribution in [0.1, 0.15) is 13.8 Å². The maximum absolute atomic E-state index is 12.0. The van der Waals surface area contributed by atoms with Gasteiger partial charge in [-0.05, 0) is 24.1 Å². The lowest BCUT2D eigenvalue weighted by Crippen LogP contribution is -2.08. The molecule has 0 heterocycles. The van der Waals surface area contributed by atoms with Crippen LogP contribution in [0.2, 0.25) is 5.02 Å². The maximum atomic E-state index is 12.0. The second-order valence-corrected chi connectivity index (χ2v) is 4.21. The molecule has 0 aliphatic carbocycles. The Kier molecular flexibility index (Phi) is 4.80. The first-order valence-electron chi connectivity index (χ1n) is 4.97. The lowest BCUT2D eigenvalue weighted by Gasteiger charge is -2.11. The standard InChI is InChI=1S/C11H14ClF2NO/c1-7(2)6-15-8-3-4-10(9(12)5-8)16-11(13)14/h3-5,7,11,15H,6H2,1-2H3. The predicted octanol–water partition coefficient (Wildman–Crippen LogP) is 4.01. The zero-order chi connectivity index (χ0) is 12.1. The third-order valence-corrected chi connectivity index (χ3v) is 2.16. The second kappa shape index (κ2) is 5.89. The van der Waals surface area contributed by atoms with Gasteiger partial charge in [0.05, 0.1) is 5.02 Å². The van der Waals surface area contributed by atoms with Gasteiger partial charge >= 0.3 is 6.61 Å². The molecule has 0 aliphatic heterocycles. The summed E-state index contributed by atoms with van der Waals surface area (Å²) in [7, 11) is 0. The number of hydrogen-bond acceptors (Lipinski definition) is 2.